The Bertz CT molecular complexity index is 197. The van der Waals surface area contributed by atoms with E-state index in [1.54, 1.807) is 6.20 Å². The van der Waals surface area contributed by atoms with Gasteiger partial charge in [-0.05, 0) is 37.6 Å². The highest BCUT2D eigenvalue weighted by molar-refractivity contribution is 5.24. The van der Waals surface area contributed by atoms with Gasteiger partial charge in [-0.3, -0.25) is 0 Å². The first-order valence-electron chi connectivity index (χ1n) is 4.34. The molecule has 0 aliphatic heterocycles. The van der Waals surface area contributed by atoms with Gasteiger partial charge in [-0.2, -0.15) is 0 Å². The fourth-order valence-electron chi connectivity index (χ4n) is 0.881. The first kappa shape index (κ1) is 11.0. The van der Waals surface area contributed by atoms with Crippen molar-refractivity contribution in [3.05, 3.63) is 36.2 Å². The Morgan fingerprint density at radius 3 is 2.33 bits per heavy atom. The number of nitrogens with one attached hydrogen (secondary N) is 1. The van der Waals surface area contributed by atoms with E-state index >= 15 is 0 Å². The van der Waals surface area contributed by atoms with Crippen LogP contribution in [-0.4, -0.2) is 0 Å². The van der Waals surface area contributed by atoms with E-state index in [2.05, 4.69) is 38.7 Å². The molecule has 0 aliphatic carbocycles. The lowest BCUT2D eigenvalue weighted by Crippen LogP contribution is -2.07. The molecule has 0 aromatic rings. The fraction of sp³-hybridized carbons (Fsp3) is 0.455. The zero-order valence-corrected chi connectivity index (χ0v) is 8.52. The lowest BCUT2D eigenvalue weighted by molar-refractivity contribution is 0.750. The predicted octanol–water partition coefficient (Wildman–Crippen LogP) is 3.23. The number of hydrogen-bond acceptors (Lipinski definition) is 1. The van der Waals surface area contributed by atoms with E-state index in [0.29, 0.717) is 5.92 Å². The van der Waals surface area contributed by atoms with Gasteiger partial charge in [0.25, 0.3) is 0 Å². The average Bonchev–Trinajstić information content (AvgIpc) is 2.03. The van der Waals surface area contributed by atoms with Crippen molar-refractivity contribution in [2.24, 2.45) is 5.92 Å². The van der Waals surface area contributed by atoms with Crippen molar-refractivity contribution in [3.63, 3.8) is 0 Å². The zero-order chi connectivity index (χ0) is 9.56. The highest BCUT2D eigenvalue weighted by Crippen LogP contribution is 2.12. The molecule has 0 aromatic heterocycles. The van der Waals surface area contributed by atoms with E-state index in [-0.39, 0.29) is 0 Å². The largest absolute Gasteiger partial charge is 0.362 e. The maximum atomic E-state index is 3.65. The normalized spacial score (nSPS) is 13.4. The minimum Gasteiger partial charge on any atom is -0.362 e. The summed E-state index contributed by atoms with van der Waals surface area (Å²) in [6, 6.07) is 0. The number of hydrogen-bond donors (Lipinski definition) is 1. The summed E-state index contributed by atoms with van der Waals surface area (Å²) in [7, 11) is 0. The molecule has 0 bridgehead atoms. The van der Waals surface area contributed by atoms with E-state index in [1.165, 1.54) is 5.57 Å². The van der Waals surface area contributed by atoms with Crippen LogP contribution in [0.2, 0.25) is 0 Å². The third-order valence-electron chi connectivity index (χ3n) is 1.88. The van der Waals surface area contributed by atoms with Crippen LogP contribution >= 0.6 is 0 Å². The first-order chi connectivity index (χ1) is 5.63. The molecule has 0 heterocycles. The Morgan fingerprint density at radius 1 is 1.42 bits per heavy atom. The van der Waals surface area contributed by atoms with Crippen LogP contribution in [0, 0.1) is 5.92 Å². The maximum Gasteiger partial charge on any atom is 0.0367 e. The van der Waals surface area contributed by atoms with Crippen LogP contribution < -0.4 is 5.32 Å². The minimum absolute atomic E-state index is 0.573. The van der Waals surface area contributed by atoms with Crippen LogP contribution in [0.1, 0.15) is 27.7 Å². The molecule has 0 atom stereocenters. The molecule has 0 spiro atoms. The second-order valence-electron chi connectivity index (χ2n) is 3.10. The van der Waals surface area contributed by atoms with Crippen LogP contribution in [0.25, 0.3) is 0 Å². The van der Waals surface area contributed by atoms with Gasteiger partial charge in [0.2, 0.25) is 0 Å². The summed E-state index contributed by atoms with van der Waals surface area (Å²) in [5, 5.41) is 3.12. The molecule has 12 heavy (non-hydrogen) atoms. The van der Waals surface area contributed by atoms with Crippen LogP contribution in [0.5, 0.6) is 0 Å². The first-order valence-corrected chi connectivity index (χ1v) is 4.34. The van der Waals surface area contributed by atoms with Crippen molar-refractivity contribution < 1.29 is 0 Å². The highest BCUT2D eigenvalue weighted by atomic mass is 14.8. The van der Waals surface area contributed by atoms with Gasteiger partial charge < -0.3 is 5.32 Å². The van der Waals surface area contributed by atoms with Gasteiger partial charge in [-0.15, -0.1) is 0 Å². The van der Waals surface area contributed by atoms with Crippen molar-refractivity contribution in [2.75, 3.05) is 0 Å². The molecule has 0 radical (unpaired) electrons. The molecule has 68 valence electrons. The van der Waals surface area contributed by atoms with Crippen LogP contribution in [0.4, 0.5) is 0 Å². The summed E-state index contributed by atoms with van der Waals surface area (Å²) in [5.74, 6) is 0.573. The SMILES string of the molecule is C=CNC(/C=C\C)=C(\C)C(C)C. The Hall–Kier alpha value is -0.980. The zero-order valence-electron chi connectivity index (χ0n) is 8.52. The molecule has 0 fully saturated rings. The van der Waals surface area contributed by atoms with E-state index < -0.39 is 0 Å². The van der Waals surface area contributed by atoms with E-state index in [0.717, 1.165) is 5.70 Å². The molecule has 0 saturated heterocycles. The number of rotatable bonds is 4. The van der Waals surface area contributed by atoms with E-state index in [4.69, 9.17) is 0 Å². The molecule has 1 N–H and O–H groups in total. The quantitative estimate of drug-likeness (QED) is 0.631. The van der Waals surface area contributed by atoms with Gasteiger partial charge in [0.1, 0.15) is 0 Å². The third-order valence-corrected chi connectivity index (χ3v) is 1.88. The van der Waals surface area contributed by atoms with Crippen molar-refractivity contribution in [3.8, 4) is 0 Å². The van der Waals surface area contributed by atoms with Crippen molar-refractivity contribution in [2.45, 2.75) is 27.7 Å². The summed E-state index contributed by atoms with van der Waals surface area (Å²) >= 11 is 0. The average molecular weight is 165 g/mol. The third kappa shape index (κ3) is 3.42. The molecule has 0 rings (SSSR count). The monoisotopic (exact) mass is 165 g/mol. The van der Waals surface area contributed by atoms with Crippen LogP contribution in [0.3, 0.4) is 0 Å². The molecule has 0 aliphatic rings. The molecule has 0 unspecified atom stereocenters. The van der Waals surface area contributed by atoms with Gasteiger partial charge >= 0.3 is 0 Å². The minimum atomic E-state index is 0.573. The van der Waals surface area contributed by atoms with Crippen molar-refractivity contribution >= 4 is 0 Å². The Kier molecular flexibility index (Phi) is 5.18. The van der Waals surface area contributed by atoms with Crippen molar-refractivity contribution in [1.29, 1.82) is 0 Å². The molecule has 0 saturated carbocycles. The molecule has 1 heteroatoms. The Labute approximate surface area is 75.9 Å². The molecular formula is C11H19N. The molecule has 0 amide bonds. The Morgan fingerprint density at radius 2 is 2.00 bits per heavy atom. The van der Waals surface area contributed by atoms with Crippen LogP contribution in [0.15, 0.2) is 36.2 Å². The predicted molar refractivity (Wildman–Crippen MR) is 55.7 cm³/mol. The van der Waals surface area contributed by atoms with Gasteiger partial charge in [-0.25, -0.2) is 0 Å². The molecular weight excluding hydrogens is 146 g/mol. The maximum absolute atomic E-state index is 3.65. The van der Waals surface area contributed by atoms with Crippen molar-refractivity contribution in [1.82, 2.24) is 5.32 Å². The summed E-state index contributed by atoms with van der Waals surface area (Å²) in [6.07, 6.45) is 5.80. The van der Waals surface area contributed by atoms with E-state index in [9.17, 15) is 0 Å². The summed E-state index contributed by atoms with van der Waals surface area (Å²) in [6.45, 7) is 12.2. The lowest BCUT2D eigenvalue weighted by atomic mass is 10.0. The second-order valence-corrected chi connectivity index (χ2v) is 3.10. The summed E-state index contributed by atoms with van der Waals surface area (Å²) in [5.41, 5.74) is 2.51. The lowest BCUT2D eigenvalue weighted by Gasteiger charge is -2.11. The fourth-order valence-corrected chi connectivity index (χ4v) is 0.881. The topological polar surface area (TPSA) is 12.0 Å². The van der Waals surface area contributed by atoms with Gasteiger partial charge in [0.15, 0.2) is 0 Å². The highest BCUT2D eigenvalue weighted by Gasteiger charge is 2.00. The Balaban J connectivity index is 4.65. The summed E-state index contributed by atoms with van der Waals surface area (Å²) < 4.78 is 0. The number of allylic oxidation sites excluding steroid dienone is 3. The van der Waals surface area contributed by atoms with Gasteiger partial charge in [0.05, 0.1) is 0 Å². The standard InChI is InChI=1S/C11H19N/c1-6-8-11(12-7-2)10(5)9(3)4/h6-9,12H,2H2,1,3-5H3/b8-6-,11-10+. The van der Waals surface area contributed by atoms with Crippen LogP contribution in [-0.2, 0) is 0 Å². The molecule has 1 nitrogen and oxygen atoms in total. The smallest absolute Gasteiger partial charge is 0.0367 e. The second kappa shape index (κ2) is 5.64. The van der Waals surface area contributed by atoms with E-state index in [1.807, 2.05) is 13.0 Å². The summed E-state index contributed by atoms with van der Waals surface area (Å²) in [4.78, 5) is 0. The molecule has 0 aromatic carbocycles. The van der Waals surface area contributed by atoms with Gasteiger partial charge in [-0.1, -0.05) is 26.5 Å². The van der Waals surface area contributed by atoms with Gasteiger partial charge in [0, 0.05) is 5.70 Å².